The number of esters is 1. The fourth-order valence-corrected chi connectivity index (χ4v) is 5.52. The molecule has 1 aromatic heterocycles. The number of alkyl halides is 2. The van der Waals surface area contributed by atoms with Crippen molar-refractivity contribution in [2.24, 2.45) is 0 Å². The summed E-state index contributed by atoms with van der Waals surface area (Å²) in [5, 5.41) is 15.1. The number of aromatic nitrogens is 2. The van der Waals surface area contributed by atoms with Gasteiger partial charge in [0.2, 0.25) is 5.91 Å². The maximum absolute atomic E-state index is 13.2. The molecule has 0 bridgehead atoms. The number of rotatable bonds is 8. The normalized spacial score (nSPS) is 22.2. The highest BCUT2D eigenvalue weighted by atomic mass is 35.5. The average molecular weight is 505 g/mol. The molecule has 0 radical (unpaired) electrons. The predicted octanol–water partition coefficient (Wildman–Crippen LogP) is 1.65. The van der Waals surface area contributed by atoms with Crippen molar-refractivity contribution in [3.8, 4) is 0 Å². The molecule has 0 unspecified atom stereocenters. The smallest absolute Gasteiger partial charge is 0.352 e. The van der Waals surface area contributed by atoms with Gasteiger partial charge in [0.05, 0.1) is 10.7 Å². The van der Waals surface area contributed by atoms with Crippen molar-refractivity contribution in [3.05, 3.63) is 27.7 Å². The van der Waals surface area contributed by atoms with E-state index in [1.54, 1.807) is 0 Å². The van der Waals surface area contributed by atoms with Crippen LogP contribution in [0.5, 0.6) is 0 Å². The fourth-order valence-electron chi connectivity index (χ4n) is 3.82. The van der Waals surface area contributed by atoms with Crippen LogP contribution in [0, 0.1) is 0 Å². The van der Waals surface area contributed by atoms with Crippen molar-refractivity contribution < 1.29 is 37.8 Å². The first kappa shape index (κ1) is 23.5. The van der Waals surface area contributed by atoms with Crippen LogP contribution in [0.4, 0.5) is 8.78 Å². The summed E-state index contributed by atoms with van der Waals surface area (Å²) in [5.41, 5.74) is -0.206. The van der Waals surface area contributed by atoms with E-state index in [2.05, 4.69) is 10.4 Å². The monoisotopic (exact) mass is 504 g/mol. The van der Waals surface area contributed by atoms with E-state index in [9.17, 15) is 33.1 Å². The van der Waals surface area contributed by atoms with Crippen molar-refractivity contribution in [1.29, 1.82) is 0 Å². The molecule has 3 aliphatic rings. The molecule has 4 rings (SSSR count). The lowest BCUT2D eigenvalue weighted by molar-refractivity contribution is -0.151. The number of nitrogens with zero attached hydrogens (tertiary/aromatic N) is 3. The number of carbonyl (C=O) groups excluding carboxylic acids is 3. The molecule has 0 spiro atoms. The number of hydrogen-bond acceptors (Lipinski definition) is 7. The fraction of sp³-hybridized carbons (Fsp3) is 0.526. The number of carboxylic acid groups (broad SMARTS) is 1. The van der Waals surface area contributed by atoms with Crippen LogP contribution >= 0.6 is 23.4 Å². The first-order valence-electron chi connectivity index (χ1n) is 9.97. The van der Waals surface area contributed by atoms with Crippen LogP contribution in [-0.4, -0.2) is 67.3 Å². The number of carboxylic acids is 1. The Morgan fingerprint density at radius 3 is 2.64 bits per heavy atom. The lowest BCUT2D eigenvalue weighted by atomic mass is 10.0. The standard InChI is InChI=1S/C19H19ClF2N4O6S/c1-7(27)32-5-9-6-33-18-13(17(29)26(18)15(9)19(30)31)23-10(28)4-25-14(8-2-3-8)11(20)12(24-25)16(21)22/h8,13,16,18H,2-6H2,1H3,(H,23,28)(H,30,31)/t13-,18-/m1/s1. The number of thioether (sulfide) groups is 1. The van der Waals surface area contributed by atoms with Gasteiger partial charge in [-0.25, -0.2) is 13.6 Å². The molecule has 3 heterocycles. The number of fused-ring (bicyclic) bond motifs is 1. The van der Waals surface area contributed by atoms with Gasteiger partial charge in [-0.2, -0.15) is 5.10 Å². The van der Waals surface area contributed by atoms with Crippen molar-refractivity contribution in [2.45, 2.75) is 50.1 Å². The lowest BCUT2D eigenvalue weighted by Gasteiger charge is -2.49. The first-order valence-corrected chi connectivity index (χ1v) is 11.4. The molecule has 2 fully saturated rings. The number of nitrogens with one attached hydrogen (secondary N) is 1. The Kier molecular flexibility index (Phi) is 6.36. The van der Waals surface area contributed by atoms with Crippen LogP contribution in [0.15, 0.2) is 11.3 Å². The van der Waals surface area contributed by atoms with E-state index < -0.39 is 53.8 Å². The maximum Gasteiger partial charge on any atom is 0.352 e. The number of carbonyl (C=O) groups is 4. The van der Waals surface area contributed by atoms with E-state index in [0.29, 0.717) is 5.69 Å². The zero-order valence-electron chi connectivity index (χ0n) is 17.2. The Morgan fingerprint density at radius 2 is 2.06 bits per heavy atom. The third kappa shape index (κ3) is 4.43. The Hall–Kier alpha value is -2.67. The Labute approximate surface area is 195 Å². The van der Waals surface area contributed by atoms with Crippen LogP contribution in [0.25, 0.3) is 0 Å². The van der Waals surface area contributed by atoms with Gasteiger partial charge >= 0.3 is 11.9 Å². The van der Waals surface area contributed by atoms with Crippen molar-refractivity contribution in [3.63, 3.8) is 0 Å². The zero-order chi connectivity index (χ0) is 24.0. The third-order valence-corrected chi connectivity index (χ3v) is 7.16. The minimum Gasteiger partial charge on any atom is -0.477 e. The minimum atomic E-state index is -2.89. The van der Waals surface area contributed by atoms with E-state index in [-0.39, 0.29) is 34.6 Å². The molecular weight excluding hydrogens is 486 g/mol. The average Bonchev–Trinajstić information content (AvgIpc) is 3.52. The number of halogens is 3. The highest BCUT2D eigenvalue weighted by Gasteiger charge is 2.54. The van der Waals surface area contributed by atoms with Crippen LogP contribution < -0.4 is 5.32 Å². The molecular formula is C19H19ClF2N4O6S. The Bertz CT molecular complexity index is 1070. The largest absolute Gasteiger partial charge is 0.477 e. The van der Waals surface area contributed by atoms with Crippen molar-refractivity contribution >= 4 is 47.1 Å². The van der Waals surface area contributed by atoms with E-state index in [0.717, 1.165) is 22.4 Å². The quantitative estimate of drug-likeness (QED) is 0.403. The molecule has 1 aliphatic carbocycles. The number of amides is 2. The van der Waals surface area contributed by atoms with Gasteiger partial charge in [-0.1, -0.05) is 11.6 Å². The number of ether oxygens (including phenoxy) is 1. The summed E-state index contributed by atoms with van der Waals surface area (Å²) in [6.07, 6.45) is -1.38. The number of aliphatic carboxylic acids is 1. The summed E-state index contributed by atoms with van der Waals surface area (Å²) in [5.74, 6) is -3.05. The van der Waals surface area contributed by atoms with Crippen molar-refractivity contribution in [1.82, 2.24) is 20.0 Å². The second kappa shape index (κ2) is 8.93. The van der Waals surface area contributed by atoms with Crippen LogP contribution in [0.3, 0.4) is 0 Å². The minimum absolute atomic E-state index is 0.0427. The summed E-state index contributed by atoms with van der Waals surface area (Å²) in [4.78, 5) is 49.1. The third-order valence-electron chi connectivity index (χ3n) is 5.44. The summed E-state index contributed by atoms with van der Waals surface area (Å²) in [6.45, 7) is 0.526. The van der Waals surface area contributed by atoms with E-state index >= 15 is 0 Å². The Morgan fingerprint density at radius 1 is 1.36 bits per heavy atom. The van der Waals surface area contributed by atoms with Gasteiger partial charge in [0, 0.05) is 24.2 Å². The molecule has 33 heavy (non-hydrogen) atoms. The molecule has 1 aromatic rings. The molecule has 14 heteroatoms. The van der Waals surface area contributed by atoms with Gasteiger partial charge < -0.3 is 15.2 Å². The van der Waals surface area contributed by atoms with Gasteiger partial charge in [0.25, 0.3) is 12.3 Å². The molecule has 2 atom stereocenters. The Balaban J connectivity index is 1.46. The van der Waals surface area contributed by atoms with Gasteiger partial charge in [0.1, 0.15) is 36.0 Å². The molecule has 10 nitrogen and oxygen atoms in total. The number of hydrogen-bond donors (Lipinski definition) is 2. The highest BCUT2D eigenvalue weighted by Crippen LogP contribution is 2.45. The van der Waals surface area contributed by atoms with Gasteiger partial charge in [-0.3, -0.25) is 24.0 Å². The molecule has 2 aliphatic heterocycles. The van der Waals surface area contributed by atoms with Crippen LogP contribution in [-0.2, 0) is 30.5 Å². The number of β-lactam (4-membered cyclic amide) rings is 1. The molecule has 2 N–H and O–H groups in total. The SMILES string of the molecule is CC(=O)OCC1=C(C(=O)O)N2C(=O)[C@@H](NC(=O)Cn3nc(C(F)F)c(Cl)c3C3CC3)[C@H]2SC1. The van der Waals surface area contributed by atoms with E-state index in [1.807, 2.05) is 0 Å². The van der Waals surface area contributed by atoms with Crippen LogP contribution in [0.1, 0.15) is 43.5 Å². The maximum atomic E-state index is 13.2. The summed E-state index contributed by atoms with van der Waals surface area (Å²) in [6, 6.07) is -0.989. The first-order chi connectivity index (χ1) is 15.6. The van der Waals surface area contributed by atoms with Gasteiger partial charge in [-0.15, -0.1) is 11.8 Å². The predicted molar refractivity (Wildman–Crippen MR) is 110 cm³/mol. The summed E-state index contributed by atoms with van der Waals surface area (Å²) >= 11 is 7.27. The molecule has 1 saturated heterocycles. The van der Waals surface area contributed by atoms with E-state index in [1.165, 1.54) is 18.7 Å². The lowest BCUT2D eigenvalue weighted by Crippen LogP contribution is -2.70. The highest BCUT2D eigenvalue weighted by molar-refractivity contribution is 8.00. The van der Waals surface area contributed by atoms with Crippen LogP contribution in [0.2, 0.25) is 5.02 Å². The molecule has 1 saturated carbocycles. The van der Waals surface area contributed by atoms with E-state index in [4.69, 9.17) is 16.3 Å². The molecule has 178 valence electrons. The second-order valence-electron chi connectivity index (χ2n) is 7.81. The molecule has 2 amide bonds. The molecule has 0 aromatic carbocycles. The van der Waals surface area contributed by atoms with Gasteiger partial charge in [-0.05, 0) is 12.8 Å². The summed E-state index contributed by atoms with van der Waals surface area (Å²) in [7, 11) is 0. The second-order valence-corrected chi connectivity index (χ2v) is 9.29. The summed E-state index contributed by atoms with van der Waals surface area (Å²) < 4.78 is 32.4. The van der Waals surface area contributed by atoms with Crippen molar-refractivity contribution in [2.75, 3.05) is 12.4 Å². The zero-order valence-corrected chi connectivity index (χ0v) is 18.8. The topological polar surface area (TPSA) is 131 Å². The van der Waals surface area contributed by atoms with Gasteiger partial charge in [0.15, 0.2) is 0 Å².